The molecule has 1 atom stereocenters. The van der Waals surface area contributed by atoms with Gasteiger partial charge in [-0.05, 0) is 36.6 Å². The Labute approximate surface area is 121 Å². The van der Waals surface area contributed by atoms with Crippen LogP contribution in [0.4, 0.5) is 8.78 Å². The molecule has 0 aliphatic carbocycles. The highest BCUT2D eigenvalue weighted by molar-refractivity contribution is 7.99. The fourth-order valence-electron chi connectivity index (χ4n) is 1.76. The van der Waals surface area contributed by atoms with E-state index < -0.39 is 11.6 Å². The van der Waals surface area contributed by atoms with Gasteiger partial charge in [0.25, 0.3) is 0 Å². The van der Waals surface area contributed by atoms with Crippen molar-refractivity contribution in [1.82, 2.24) is 4.98 Å². The smallest absolute Gasteiger partial charge is 0.140 e. The summed E-state index contributed by atoms with van der Waals surface area (Å²) in [6.45, 7) is 2.02. The van der Waals surface area contributed by atoms with Crippen LogP contribution >= 0.6 is 11.8 Å². The molecule has 20 heavy (non-hydrogen) atoms. The molecule has 0 saturated heterocycles. The maximum atomic E-state index is 13.7. The maximum Gasteiger partial charge on any atom is 0.140 e. The van der Waals surface area contributed by atoms with Crippen LogP contribution in [0.2, 0.25) is 0 Å². The normalized spacial score (nSPS) is 12.4. The highest BCUT2D eigenvalue weighted by Crippen LogP contribution is 2.31. The Kier molecular flexibility index (Phi) is 5.09. The molecular formula is C15H16F2N2S. The van der Waals surface area contributed by atoms with Crippen LogP contribution in [-0.2, 0) is 6.42 Å². The lowest BCUT2D eigenvalue weighted by Crippen LogP contribution is -2.21. The summed E-state index contributed by atoms with van der Waals surface area (Å²) in [5.74, 6) is -1.16. The van der Waals surface area contributed by atoms with Crippen molar-refractivity contribution < 1.29 is 8.78 Å². The molecule has 0 bridgehead atoms. The zero-order chi connectivity index (χ0) is 14.5. The average molecular weight is 294 g/mol. The summed E-state index contributed by atoms with van der Waals surface area (Å²) in [7, 11) is 0. The number of rotatable bonds is 5. The topological polar surface area (TPSA) is 38.9 Å². The summed E-state index contributed by atoms with van der Waals surface area (Å²) in [5.41, 5.74) is 6.94. The molecule has 5 heteroatoms. The van der Waals surface area contributed by atoms with Crippen LogP contribution in [0, 0.1) is 11.6 Å². The van der Waals surface area contributed by atoms with Crippen molar-refractivity contribution in [1.29, 1.82) is 0 Å². The second kappa shape index (κ2) is 6.81. The zero-order valence-corrected chi connectivity index (χ0v) is 12.0. The van der Waals surface area contributed by atoms with Crippen molar-refractivity contribution in [3.8, 4) is 0 Å². The van der Waals surface area contributed by atoms with E-state index >= 15 is 0 Å². The third-order valence-electron chi connectivity index (χ3n) is 2.96. The lowest BCUT2D eigenvalue weighted by Gasteiger charge is -2.12. The Morgan fingerprint density at radius 3 is 2.80 bits per heavy atom. The monoisotopic (exact) mass is 294 g/mol. The fraction of sp³-hybridized carbons (Fsp3) is 0.267. The molecule has 106 valence electrons. The van der Waals surface area contributed by atoms with Gasteiger partial charge >= 0.3 is 0 Å². The van der Waals surface area contributed by atoms with Gasteiger partial charge < -0.3 is 5.73 Å². The predicted molar refractivity (Wildman–Crippen MR) is 76.7 cm³/mol. The van der Waals surface area contributed by atoms with E-state index in [1.165, 1.54) is 23.9 Å². The minimum Gasteiger partial charge on any atom is -0.327 e. The third kappa shape index (κ3) is 3.77. The first kappa shape index (κ1) is 14.9. The van der Waals surface area contributed by atoms with Gasteiger partial charge in [-0.2, -0.15) is 0 Å². The molecule has 2 N–H and O–H groups in total. The number of benzene rings is 1. The van der Waals surface area contributed by atoms with Gasteiger partial charge in [-0.25, -0.2) is 13.8 Å². The van der Waals surface area contributed by atoms with E-state index in [1.807, 2.05) is 19.1 Å². The predicted octanol–water partition coefficient (Wildman–Crippen LogP) is 3.79. The van der Waals surface area contributed by atoms with Crippen LogP contribution in [0.25, 0.3) is 0 Å². The first-order chi connectivity index (χ1) is 9.60. The number of aromatic nitrogens is 1. The van der Waals surface area contributed by atoms with E-state index in [-0.39, 0.29) is 6.04 Å². The SMILES string of the molecule is CCC(N)Cc1cccnc1Sc1ccc(F)cc1F. The van der Waals surface area contributed by atoms with Crippen LogP contribution in [-0.4, -0.2) is 11.0 Å². The van der Waals surface area contributed by atoms with Gasteiger partial charge in [0.15, 0.2) is 0 Å². The number of hydrogen-bond donors (Lipinski definition) is 1. The molecule has 0 aliphatic heterocycles. The van der Waals surface area contributed by atoms with E-state index in [0.717, 1.165) is 18.1 Å². The van der Waals surface area contributed by atoms with Gasteiger partial charge in [0.05, 0.1) is 0 Å². The maximum absolute atomic E-state index is 13.7. The Morgan fingerprint density at radius 2 is 2.10 bits per heavy atom. The van der Waals surface area contributed by atoms with E-state index in [2.05, 4.69) is 4.98 Å². The number of nitrogens with two attached hydrogens (primary N) is 1. The minimum absolute atomic E-state index is 0.0524. The van der Waals surface area contributed by atoms with Crippen LogP contribution in [0.15, 0.2) is 46.5 Å². The van der Waals surface area contributed by atoms with Gasteiger partial charge in [0.2, 0.25) is 0 Å². The van der Waals surface area contributed by atoms with Crippen molar-refractivity contribution in [3.63, 3.8) is 0 Å². The summed E-state index contributed by atoms with van der Waals surface area (Å²) in [6, 6.07) is 7.37. The van der Waals surface area contributed by atoms with E-state index in [1.54, 1.807) is 6.20 Å². The Balaban J connectivity index is 2.24. The third-order valence-corrected chi connectivity index (χ3v) is 4.07. The van der Waals surface area contributed by atoms with Crippen LogP contribution in [0.3, 0.4) is 0 Å². The molecule has 0 spiro atoms. The van der Waals surface area contributed by atoms with Crippen molar-refractivity contribution in [2.24, 2.45) is 5.73 Å². The van der Waals surface area contributed by atoms with Crippen LogP contribution in [0.1, 0.15) is 18.9 Å². The Morgan fingerprint density at radius 1 is 1.30 bits per heavy atom. The largest absolute Gasteiger partial charge is 0.327 e. The van der Waals surface area contributed by atoms with Gasteiger partial charge in [0.1, 0.15) is 16.7 Å². The Hall–Kier alpha value is -1.46. The molecule has 0 saturated carbocycles. The molecule has 0 radical (unpaired) electrons. The van der Waals surface area contributed by atoms with E-state index in [4.69, 9.17) is 5.73 Å². The first-order valence-electron chi connectivity index (χ1n) is 6.42. The van der Waals surface area contributed by atoms with E-state index in [9.17, 15) is 8.78 Å². The molecule has 0 amide bonds. The summed E-state index contributed by atoms with van der Waals surface area (Å²) >= 11 is 1.19. The van der Waals surface area contributed by atoms with Crippen molar-refractivity contribution in [2.45, 2.75) is 35.7 Å². The van der Waals surface area contributed by atoms with E-state index in [0.29, 0.717) is 16.3 Å². The lowest BCUT2D eigenvalue weighted by molar-refractivity contribution is 0.565. The molecule has 2 rings (SSSR count). The standard InChI is InChI=1S/C15H16F2N2S/c1-2-12(18)8-10-4-3-7-19-15(10)20-14-6-5-11(16)9-13(14)17/h3-7,9,12H,2,8,18H2,1H3. The number of pyridine rings is 1. The molecule has 0 fully saturated rings. The van der Waals surface area contributed by atoms with Gasteiger partial charge in [-0.1, -0.05) is 24.8 Å². The number of nitrogens with zero attached hydrogens (tertiary/aromatic N) is 1. The molecule has 0 aliphatic rings. The molecule has 1 aromatic carbocycles. The highest BCUT2D eigenvalue weighted by atomic mass is 32.2. The van der Waals surface area contributed by atoms with Crippen molar-refractivity contribution >= 4 is 11.8 Å². The van der Waals surface area contributed by atoms with Crippen molar-refractivity contribution in [2.75, 3.05) is 0 Å². The van der Waals surface area contributed by atoms with Crippen LogP contribution in [0.5, 0.6) is 0 Å². The second-order valence-corrected chi connectivity index (χ2v) is 5.55. The highest BCUT2D eigenvalue weighted by Gasteiger charge is 2.12. The first-order valence-corrected chi connectivity index (χ1v) is 7.24. The molecule has 1 unspecified atom stereocenters. The lowest BCUT2D eigenvalue weighted by atomic mass is 10.1. The second-order valence-electron chi connectivity index (χ2n) is 4.52. The molecule has 2 nitrogen and oxygen atoms in total. The van der Waals surface area contributed by atoms with Crippen LogP contribution < -0.4 is 5.73 Å². The zero-order valence-electron chi connectivity index (χ0n) is 11.1. The molecule has 2 aromatic rings. The van der Waals surface area contributed by atoms with Crippen molar-refractivity contribution in [3.05, 3.63) is 53.7 Å². The molecule has 1 heterocycles. The molecular weight excluding hydrogens is 278 g/mol. The summed E-state index contributed by atoms with van der Waals surface area (Å²) < 4.78 is 26.6. The minimum atomic E-state index is -0.582. The Bertz CT molecular complexity index is 590. The average Bonchev–Trinajstić information content (AvgIpc) is 2.43. The van der Waals surface area contributed by atoms with Gasteiger partial charge in [-0.15, -0.1) is 0 Å². The summed E-state index contributed by atoms with van der Waals surface area (Å²) in [6.07, 6.45) is 3.21. The molecule has 1 aromatic heterocycles. The van der Waals surface area contributed by atoms with Gasteiger partial charge in [0, 0.05) is 23.2 Å². The fourth-order valence-corrected chi connectivity index (χ4v) is 2.66. The number of halogens is 2. The van der Waals surface area contributed by atoms with Gasteiger partial charge in [-0.3, -0.25) is 0 Å². The number of hydrogen-bond acceptors (Lipinski definition) is 3. The quantitative estimate of drug-likeness (QED) is 0.912. The summed E-state index contributed by atoms with van der Waals surface area (Å²) in [5, 5.41) is 0.710. The summed E-state index contributed by atoms with van der Waals surface area (Å²) in [4.78, 5) is 4.63.